The zero-order valence-electron chi connectivity index (χ0n) is 12.3. The van der Waals surface area contributed by atoms with E-state index in [0.29, 0.717) is 6.42 Å². The van der Waals surface area contributed by atoms with Gasteiger partial charge in [0, 0.05) is 6.04 Å². The summed E-state index contributed by atoms with van der Waals surface area (Å²) >= 11 is 5.71. The molecule has 1 fully saturated rings. The van der Waals surface area contributed by atoms with Gasteiger partial charge in [-0.25, -0.2) is 12.8 Å². The van der Waals surface area contributed by atoms with Crippen molar-refractivity contribution in [2.75, 3.05) is 6.54 Å². The average molecular weight is 334 g/mol. The molecule has 0 spiro atoms. The van der Waals surface area contributed by atoms with Gasteiger partial charge in [0.1, 0.15) is 5.82 Å². The Morgan fingerprint density at radius 1 is 1.38 bits per heavy atom. The van der Waals surface area contributed by atoms with Crippen LogP contribution in [0.15, 0.2) is 23.1 Å². The van der Waals surface area contributed by atoms with E-state index in [-0.39, 0.29) is 21.9 Å². The van der Waals surface area contributed by atoms with Gasteiger partial charge in [0.25, 0.3) is 0 Å². The van der Waals surface area contributed by atoms with Gasteiger partial charge in [0.05, 0.1) is 15.2 Å². The Morgan fingerprint density at radius 3 is 2.71 bits per heavy atom. The van der Waals surface area contributed by atoms with Crippen LogP contribution in [0, 0.1) is 11.7 Å². The quantitative estimate of drug-likeness (QED) is 0.840. The van der Waals surface area contributed by atoms with Crippen LogP contribution in [0.3, 0.4) is 0 Å². The second-order valence-electron chi connectivity index (χ2n) is 5.66. The van der Waals surface area contributed by atoms with E-state index in [1.807, 2.05) is 6.92 Å². The predicted molar refractivity (Wildman–Crippen MR) is 82.9 cm³/mol. The van der Waals surface area contributed by atoms with Crippen molar-refractivity contribution in [3.8, 4) is 0 Å². The normalized spacial score (nSPS) is 26.2. The van der Waals surface area contributed by atoms with Crippen LogP contribution >= 0.6 is 11.6 Å². The van der Waals surface area contributed by atoms with Crippen LogP contribution in [0.5, 0.6) is 0 Å². The van der Waals surface area contributed by atoms with Crippen LogP contribution in [0.2, 0.25) is 5.02 Å². The number of sulfone groups is 1. The molecule has 3 unspecified atom stereocenters. The van der Waals surface area contributed by atoms with Crippen LogP contribution in [0.4, 0.5) is 4.39 Å². The van der Waals surface area contributed by atoms with E-state index in [1.165, 1.54) is 12.1 Å². The van der Waals surface area contributed by atoms with Crippen molar-refractivity contribution in [3.05, 3.63) is 29.0 Å². The molecule has 2 rings (SSSR count). The zero-order valence-corrected chi connectivity index (χ0v) is 13.8. The summed E-state index contributed by atoms with van der Waals surface area (Å²) in [6.45, 7) is 4.94. The molecule has 1 aromatic carbocycles. The lowest BCUT2D eigenvalue weighted by Crippen LogP contribution is -2.36. The van der Waals surface area contributed by atoms with E-state index < -0.39 is 20.9 Å². The van der Waals surface area contributed by atoms with Crippen LogP contribution in [-0.2, 0) is 9.84 Å². The van der Waals surface area contributed by atoms with Crippen molar-refractivity contribution in [2.24, 2.45) is 5.92 Å². The van der Waals surface area contributed by atoms with Gasteiger partial charge in [-0.05, 0) is 49.9 Å². The molecule has 0 heterocycles. The zero-order chi connectivity index (χ0) is 15.6. The fraction of sp³-hybridized carbons (Fsp3) is 0.600. The first-order valence-electron chi connectivity index (χ1n) is 7.30. The van der Waals surface area contributed by atoms with Crippen molar-refractivity contribution in [1.29, 1.82) is 0 Å². The maximum Gasteiger partial charge on any atom is 0.181 e. The van der Waals surface area contributed by atoms with Crippen molar-refractivity contribution >= 4 is 21.4 Å². The smallest absolute Gasteiger partial charge is 0.181 e. The Hall–Kier alpha value is -0.650. The largest absolute Gasteiger partial charge is 0.314 e. The molecule has 6 heteroatoms. The maximum absolute atomic E-state index is 13.2. The van der Waals surface area contributed by atoms with Crippen molar-refractivity contribution in [3.63, 3.8) is 0 Å². The molecule has 0 aliphatic heterocycles. The molecule has 0 amide bonds. The molecule has 118 valence electrons. The lowest BCUT2D eigenvalue weighted by Gasteiger charge is -2.22. The van der Waals surface area contributed by atoms with Gasteiger partial charge in [-0.15, -0.1) is 0 Å². The minimum Gasteiger partial charge on any atom is -0.314 e. The van der Waals surface area contributed by atoms with Gasteiger partial charge in [0.15, 0.2) is 9.84 Å². The summed E-state index contributed by atoms with van der Waals surface area (Å²) in [5, 5.41) is 2.82. The second-order valence-corrected chi connectivity index (χ2v) is 8.23. The molecule has 1 saturated carbocycles. The Morgan fingerprint density at radius 2 is 2.10 bits per heavy atom. The summed E-state index contributed by atoms with van der Waals surface area (Å²) < 4.78 is 38.6. The Bertz CT molecular complexity index is 606. The van der Waals surface area contributed by atoms with Gasteiger partial charge < -0.3 is 5.32 Å². The maximum atomic E-state index is 13.2. The first kappa shape index (κ1) is 16.7. The first-order valence-corrected chi connectivity index (χ1v) is 9.22. The van der Waals surface area contributed by atoms with E-state index in [4.69, 9.17) is 11.6 Å². The molecule has 3 nitrogen and oxygen atoms in total. The third-order valence-corrected chi connectivity index (χ3v) is 6.92. The van der Waals surface area contributed by atoms with E-state index >= 15 is 0 Å². The standard InChI is InChI=1S/C15H21ClFNO2S/c1-3-8-18-14-6-7-15(10(14)2)21(19,20)11-4-5-13(17)12(16)9-11/h4-5,9-10,14-15,18H,3,6-8H2,1-2H3. The first-order chi connectivity index (χ1) is 9.87. The van der Waals surface area contributed by atoms with E-state index in [9.17, 15) is 12.8 Å². The van der Waals surface area contributed by atoms with Crippen LogP contribution < -0.4 is 5.32 Å². The van der Waals surface area contributed by atoms with Crippen LogP contribution in [0.1, 0.15) is 33.1 Å². The van der Waals surface area contributed by atoms with Gasteiger partial charge in [-0.2, -0.15) is 0 Å². The molecule has 0 bridgehead atoms. The molecule has 1 aromatic rings. The molecule has 0 saturated heterocycles. The summed E-state index contributed by atoms with van der Waals surface area (Å²) in [4.78, 5) is 0.113. The monoisotopic (exact) mass is 333 g/mol. The lowest BCUT2D eigenvalue weighted by molar-refractivity contribution is 0.425. The third-order valence-electron chi connectivity index (χ3n) is 4.26. The van der Waals surface area contributed by atoms with Gasteiger partial charge >= 0.3 is 0 Å². The van der Waals surface area contributed by atoms with Gasteiger partial charge in [0.2, 0.25) is 0 Å². The molecule has 21 heavy (non-hydrogen) atoms. The van der Waals surface area contributed by atoms with E-state index in [0.717, 1.165) is 25.5 Å². The minimum atomic E-state index is -3.48. The highest BCUT2D eigenvalue weighted by Gasteiger charge is 2.41. The molecule has 1 aliphatic carbocycles. The number of nitrogens with one attached hydrogen (secondary N) is 1. The van der Waals surface area contributed by atoms with Crippen LogP contribution in [-0.4, -0.2) is 26.3 Å². The predicted octanol–water partition coefficient (Wildman–Crippen LogP) is 3.42. The lowest BCUT2D eigenvalue weighted by atomic mass is 10.1. The number of halogens is 2. The highest BCUT2D eigenvalue weighted by Crippen LogP contribution is 2.35. The van der Waals surface area contributed by atoms with E-state index in [2.05, 4.69) is 12.2 Å². The topological polar surface area (TPSA) is 46.2 Å². The second kappa shape index (κ2) is 6.63. The SMILES string of the molecule is CCCNC1CCC(S(=O)(=O)c2ccc(F)c(Cl)c2)C1C. The molecule has 0 aromatic heterocycles. The third kappa shape index (κ3) is 3.41. The van der Waals surface area contributed by atoms with Gasteiger partial charge in [-0.1, -0.05) is 25.4 Å². The Kier molecular flexibility index (Phi) is 5.28. The fourth-order valence-electron chi connectivity index (χ4n) is 3.01. The summed E-state index contributed by atoms with van der Waals surface area (Å²) in [5.74, 6) is -0.567. The molecular formula is C15H21ClFNO2S. The number of rotatable bonds is 5. The molecule has 0 radical (unpaired) electrons. The number of hydrogen-bond donors (Lipinski definition) is 1. The van der Waals surface area contributed by atoms with Gasteiger partial charge in [-0.3, -0.25) is 0 Å². The number of hydrogen-bond acceptors (Lipinski definition) is 3. The highest BCUT2D eigenvalue weighted by atomic mass is 35.5. The summed E-state index contributed by atoms with van der Waals surface area (Å²) in [6.07, 6.45) is 2.49. The summed E-state index contributed by atoms with van der Waals surface area (Å²) in [7, 11) is -3.48. The van der Waals surface area contributed by atoms with Crippen LogP contribution in [0.25, 0.3) is 0 Å². The van der Waals surface area contributed by atoms with E-state index in [1.54, 1.807) is 0 Å². The minimum absolute atomic E-state index is 0.0328. The summed E-state index contributed by atoms with van der Waals surface area (Å²) in [6, 6.07) is 3.85. The molecular weight excluding hydrogens is 313 g/mol. The van der Waals surface area contributed by atoms with Crippen molar-refractivity contribution in [2.45, 2.75) is 49.3 Å². The Balaban J connectivity index is 2.22. The Labute approximate surface area is 130 Å². The average Bonchev–Trinajstić information content (AvgIpc) is 2.81. The molecule has 3 atom stereocenters. The van der Waals surface area contributed by atoms with Crippen molar-refractivity contribution < 1.29 is 12.8 Å². The molecule has 1 N–H and O–H groups in total. The van der Waals surface area contributed by atoms with Crippen molar-refractivity contribution in [1.82, 2.24) is 5.32 Å². The fourth-order valence-corrected chi connectivity index (χ4v) is 5.35. The molecule has 1 aliphatic rings. The number of benzene rings is 1. The summed E-state index contributed by atoms with van der Waals surface area (Å²) in [5.41, 5.74) is 0. The highest BCUT2D eigenvalue weighted by molar-refractivity contribution is 7.92.